The third-order valence-corrected chi connectivity index (χ3v) is 5.48. The van der Waals surface area contributed by atoms with Crippen LogP contribution >= 0.6 is 0 Å². The van der Waals surface area contributed by atoms with Gasteiger partial charge < -0.3 is 19.7 Å². The summed E-state index contributed by atoms with van der Waals surface area (Å²) < 4.78 is 10.5. The summed E-state index contributed by atoms with van der Waals surface area (Å²) in [6.07, 6.45) is 4.30. The van der Waals surface area contributed by atoms with E-state index in [2.05, 4.69) is 10.2 Å². The maximum atomic E-state index is 12.3. The Bertz CT molecular complexity index is 644. The molecule has 0 spiro atoms. The van der Waals surface area contributed by atoms with Crippen LogP contribution in [0.15, 0.2) is 24.3 Å². The van der Waals surface area contributed by atoms with Crippen LogP contribution in [-0.2, 0) is 9.53 Å². The summed E-state index contributed by atoms with van der Waals surface area (Å²) in [4.78, 5) is 28.1. The van der Waals surface area contributed by atoms with E-state index in [1.165, 1.54) is 7.05 Å². The molecule has 0 saturated carbocycles. The second-order valence-electron chi connectivity index (χ2n) is 7.36. The number of benzene rings is 1. The van der Waals surface area contributed by atoms with Crippen LogP contribution in [0.25, 0.3) is 0 Å². The van der Waals surface area contributed by atoms with Crippen molar-refractivity contribution < 1.29 is 19.1 Å². The third-order valence-electron chi connectivity index (χ3n) is 5.48. The predicted molar refractivity (Wildman–Crippen MR) is 106 cm³/mol. The minimum Gasteiger partial charge on any atom is -0.410 e. The van der Waals surface area contributed by atoms with E-state index in [1.54, 1.807) is 12.1 Å². The lowest BCUT2D eigenvalue weighted by atomic mass is 10.0. The molecule has 2 saturated heterocycles. The van der Waals surface area contributed by atoms with Crippen LogP contribution in [0.5, 0.6) is 5.75 Å². The first-order valence-corrected chi connectivity index (χ1v) is 10.3. The molecule has 28 heavy (non-hydrogen) atoms. The lowest BCUT2D eigenvalue weighted by Gasteiger charge is -2.27. The Morgan fingerprint density at radius 3 is 2.57 bits per heavy atom. The standard InChI is InChI=1S/C21H31N3O4/c1-22-21(26)28-18-7-5-17(6-8-18)19-9-10-20(25)24(19)12-4-2-3-11-23-13-15-27-16-14-23/h5-8,19H,2-4,9-16H2,1H3,(H,22,26). The second-order valence-corrected chi connectivity index (χ2v) is 7.36. The van der Waals surface area contributed by atoms with Gasteiger partial charge in [0.15, 0.2) is 0 Å². The molecule has 0 bridgehead atoms. The summed E-state index contributed by atoms with van der Waals surface area (Å²) in [6, 6.07) is 7.60. The van der Waals surface area contributed by atoms with Gasteiger partial charge in [0.05, 0.1) is 19.3 Å². The highest BCUT2D eigenvalue weighted by atomic mass is 16.5. The maximum Gasteiger partial charge on any atom is 0.412 e. The van der Waals surface area contributed by atoms with Crippen LogP contribution in [0.4, 0.5) is 4.79 Å². The maximum absolute atomic E-state index is 12.3. The smallest absolute Gasteiger partial charge is 0.410 e. The summed E-state index contributed by atoms with van der Waals surface area (Å²) >= 11 is 0. The van der Waals surface area contributed by atoms with Gasteiger partial charge in [0.2, 0.25) is 5.91 Å². The Hall–Kier alpha value is -2.12. The van der Waals surface area contributed by atoms with Gasteiger partial charge >= 0.3 is 6.09 Å². The van der Waals surface area contributed by atoms with E-state index in [9.17, 15) is 9.59 Å². The molecule has 2 aliphatic rings. The zero-order valence-electron chi connectivity index (χ0n) is 16.7. The van der Waals surface area contributed by atoms with Gasteiger partial charge in [-0.15, -0.1) is 0 Å². The van der Waals surface area contributed by atoms with Crippen molar-refractivity contribution >= 4 is 12.0 Å². The molecule has 1 N–H and O–H groups in total. The van der Waals surface area contributed by atoms with Crippen LogP contribution in [0, 0.1) is 0 Å². The van der Waals surface area contributed by atoms with Crippen molar-refractivity contribution in [3.63, 3.8) is 0 Å². The van der Waals surface area contributed by atoms with Gasteiger partial charge in [-0.1, -0.05) is 18.6 Å². The molecule has 2 heterocycles. The van der Waals surface area contributed by atoms with Gasteiger partial charge in [-0.25, -0.2) is 4.79 Å². The van der Waals surface area contributed by atoms with Crippen LogP contribution in [0.1, 0.15) is 43.7 Å². The molecule has 2 aliphatic heterocycles. The van der Waals surface area contributed by atoms with E-state index in [-0.39, 0.29) is 11.9 Å². The number of hydrogen-bond acceptors (Lipinski definition) is 5. The lowest BCUT2D eigenvalue weighted by molar-refractivity contribution is -0.129. The molecule has 2 fully saturated rings. The molecule has 3 rings (SSSR count). The molecule has 0 radical (unpaired) electrons. The average molecular weight is 389 g/mol. The topological polar surface area (TPSA) is 71.1 Å². The summed E-state index contributed by atoms with van der Waals surface area (Å²) in [5, 5.41) is 2.43. The fourth-order valence-corrected chi connectivity index (χ4v) is 3.90. The third kappa shape index (κ3) is 5.69. The molecule has 1 unspecified atom stereocenters. The summed E-state index contributed by atoms with van der Waals surface area (Å²) in [6.45, 7) is 5.68. The molecule has 7 heteroatoms. The van der Waals surface area contributed by atoms with Crippen molar-refractivity contribution in [3.8, 4) is 5.75 Å². The number of ether oxygens (including phenoxy) is 2. The monoisotopic (exact) mass is 389 g/mol. The highest BCUT2D eigenvalue weighted by molar-refractivity contribution is 5.79. The summed E-state index contributed by atoms with van der Waals surface area (Å²) in [5.74, 6) is 0.742. The SMILES string of the molecule is CNC(=O)Oc1ccc(C2CCC(=O)N2CCCCCN2CCOCC2)cc1. The molecule has 2 amide bonds. The Morgan fingerprint density at radius 2 is 1.86 bits per heavy atom. The highest BCUT2D eigenvalue weighted by Gasteiger charge is 2.31. The fourth-order valence-electron chi connectivity index (χ4n) is 3.90. The van der Waals surface area contributed by atoms with E-state index in [0.29, 0.717) is 12.2 Å². The minimum absolute atomic E-state index is 0.126. The largest absolute Gasteiger partial charge is 0.412 e. The van der Waals surface area contributed by atoms with Crippen LogP contribution in [0.2, 0.25) is 0 Å². The van der Waals surface area contributed by atoms with Crippen molar-refractivity contribution in [1.82, 2.24) is 15.1 Å². The van der Waals surface area contributed by atoms with Crippen molar-refractivity contribution in [3.05, 3.63) is 29.8 Å². The number of amides is 2. The van der Waals surface area contributed by atoms with E-state index in [4.69, 9.17) is 9.47 Å². The highest BCUT2D eigenvalue weighted by Crippen LogP contribution is 2.33. The molecule has 7 nitrogen and oxygen atoms in total. The van der Waals surface area contributed by atoms with E-state index < -0.39 is 6.09 Å². The molecular formula is C21H31N3O4. The molecule has 1 atom stereocenters. The molecular weight excluding hydrogens is 358 g/mol. The van der Waals surface area contributed by atoms with Crippen LogP contribution in [-0.4, -0.2) is 68.2 Å². The molecule has 154 valence electrons. The summed E-state index contributed by atoms with van der Waals surface area (Å²) in [5.41, 5.74) is 1.10. The van der Waals surface area contributed by atoms with Crippen LogP contribution in [0.3, 0.4) is 0 Å². The lowest BCUT2D eigenvalue weighted by Crippen LogP contribution is -2.36. The van der Waals surface area contributed by atoms with Gasteiger partial charge in [-0.3, -0.25) is 9.69 Å². The van der Waals surface area contributed by atoms with Gasteiger partial charge in [0.25, 0.3) is 0 Å². The Morgan fingerprint density at radius 1 is 1.14 bits per heavy atom. The number of morpholine rings is 1. The van der Waals surface area contributed by atoms with E-state index in [1.807, 2.05) is 17.0 Å². The summed E-state index contributed by atoms with van der Waals surface area (Å²) in [7, 11) is 1.53. The minimum atomic E-state index is -0.484. The molecule has 0 aromatic heterocycles. The second kappa shape index (κ2) is 10.4. The van der Waals surface area contributed by atoms with Gasteiger partial charge in [0, 0.05) is 33.1 Å². The van der Waals surface area contributed by atoms with Crippen LogP contribution < -0.4 is 10.1 Å². The molecule has 1 aromatic rings. The number of carbonyl (C=O) groups excluding carboxylic acids is 2. The van der Waals surface area contributed by atoms with Crippen molar-refractivity contribution in [2.75, 3.05) is 46.4 Å². The Labute approximate surface area is 167 Å². The Balaban J connectivity index is 1.45. The number of nitrogens with zero attached hydrogens (tertiary/aromatic N) is 2. The zero-order chi connectivity index (χ0) is 19.8. The first-order valence-electron chi connectivity index (χ1n) is 10.3. The predicted octanol–water partition coefficient (Wildman–Crippen LogP) is 2.57. The Kier molecular flexibility index (Phi) is 7.68. The first kappa shape index (κ1) is 20.6. The number of nitrogens with one attached hydrogen (secondary N) is 1. The number of rotatable bonds is 8. The number of unbranched alkanes of at least 4 members (excludes halogenated alkanes) is 2. The number of hydrogen-bond donors (Lipinski definition) is 1. The number of carbonyl (C=O) groups is 2. The van der Waals surface area contributed by atoms with Crippen molar-refractivity contribution in [2.24, 2.45) is 0 Å². The molecule has 0 aliphatic carbocycles. The van der Waals surface area contributed by atoms with E-state index >= 15 is 0 Å². The van der Waals surface area contributed by atoms with Gasteiger partial charge in [-0.2, -0.15) is 0 Å². The number of likely N-dealkylation sites (tertiary alicyclic amines) is 1. The van der Waals surface area contributed by atoms with Gasteiger partial charge in [0.1, 0.15) is 5.75 Å². The first-order chi connectivity index (χ1) is 13.7. The molecule has 1 aromatic carbocycles. The van der Waals surface area contributed by atoms with Crippen molar-refractivity contribution in [1.29, 1.82) is 0 Å². The van der Waals surface area contributed by atoms with Crippen molar-refractivity contribution in [2.45, 2.75) is 38.1 Å². The quantitative estimate of drug-likeness (QED) is 0.692. The van der Waals surface area contributed by atoms with E-state index in [0.717, 1.165) is 70.6 Å². The van der Waals surface area contributed by atoms with Gasteiger partial charge in [-0.05, 0) is 43.5 Å². The zero-order valence-corrected chi connectivity index (χ0v) is 16.7. The average Bonchev–Trinajstić information content (AvgIpc) is 3.09. The fraction of sp³-hybridized carbons (Fsp3) is 0.619. The normalized spacial score (nSPS) is 20.4.